The van der Waals surface area contributed by atoms with E-state index in [1.807, 2.05) is 10.6 Å². The van der Waals surface area contributed by atoms with Gasteiger partial charge in [-0.1, -0.05) is 25.0 Å². The number of hydrogen-bond donors (Lipinski definition) is 3. The van der Waals surface area contributed by atoms with Crippen LogP contribution in [0.25, 0.3) is 11.2 Å². The monoisotopic (exact) mass is 543 g/mol. The lowest BCUT2D eigenvalue weighted by Gasteiger charge is -2.43. The summed E-state index contributed by atoms with van der Waals surface area (Å²) in [7, 11) is 0. The molecule has 3 N–H and O–H groups in total. The topological polar surface area (TPSA) is 96.1 Å². The molecule has 0 unspecified atom stereocenters. The van der Waals surface area contributed by atoms with Crippen LogP contribution < -0.4 is 5.32 Å². The van der Waals surface area contributed by atoms with Gasteiger partial charge in [-0.25, -0.2) is 9.37 Å². The fourth-order valence-corrected chi connectivity index (χ4v) is 8.36. The van der Waals surface area contributed by atoms with Crippen LogP contribution in [0.15, 0.2) is 35.5 Å². The summed E-state index contributed by atoms with van der Waals surface area (Å²) in [6, 6.07) is 6.66. The van der Waals surface area contributed by atoms with Gasteiger partial charge in [0.25, 0.3) is 0 Å². The van der Waals surface area contributed by atoms with Gasteiger partial charge in [-0.3, -0.25) is 0 Å². The minimum Gasteiger partial charge on any atom is -0.390 e. The number of nitrogens with zero attached hydrogens (tertiary/aromatic N) is 4. The molecule has 0 amide bonds. The minimum absolute atomic E-state index is 0.0389. The molecule has 4 fully saturated rings. The number of aromatic nitrogens is 4. The molecular formula is C27H31ClFN5O2S. The van der Waals surface area contributed by atoms with Crippen LogP contribution in [-0.2, 0) is 0 Å². The van der Waals surface area contributed by atoms with Gasteiger partial charge in [-0.05, 0) is 73.6 Å². The van der Waals surface area contributed by atoms with Gasteiger partial charge in [0.05, 0.1) is 18.5 Å². The number of nitrogens with one attached hydrogen (secondary N) is 1. The molecule has 0 bridgehead atoms. The minimum atomic E-state index is -0.972. The van der Waals surface area contributed by atoms with Gasteiger partial charge in [-0.2, -0.15) is 9.97 Å². The highest BCUT2D eigenvalue weighted by Gasteiger charge is 2.71. The Morgan fingerprint density at radius 3 is 2.54 bits per heavy atom. The van der Waals surface area contributed by atoms with Crippen molar-refractivity contribution in [2.24, 2.45) is 23.2 Å². The highest BCUT2D eigenvalue weighted by Crippen LogP contribution is 2.69. The van der Waals surface area contributed by atoms with Gasteiger partial charge in [0, 0.05) is 22.1 Å². The third-order valence-electron chi connectivity index (χ3n) is 9.52. The first-order chi connectivity index (χ1) is 18.0. The third kappa shape index (κ3) is 3.87. The van der Waals surface area contributed by atoms with E-state index in [0.29, 0.717) is 45.5 Å². The van der Waals surface area contributed by atoms with Crippen LogP contribution in [-0.4, -0.2) is 53.7 Å². The molecule has 0 saturated heterocycles. The summed E-state index contributed by atoms with van der Waals surface area (Å²) in [5, 5.41) is 26.1. The Labute approximate surface area is 224 Å². The van der Waals surface area contributed by atoms with Crippen molar-refractivity contribution in [1.82, 2.24) is 19.5 Å². The molecule has 1 aromatic carbocycles. The Kier molecular flexibility index (Phi) is 5.91. The summed E-state index contributed by atoms with van der Waals surface area (Å²) in [5.74, 6) is 2.27. The maximum atomic E-state index is 14.2. The van der Waals surface area contributed by atoms with Gasteiger partial charge in [0.15, 0.2) is 17.0 Å². The molecular weight excluding hydrogens is 513 g/mol. The molecule has 2 heterocycles. The van der Waals surface area contributed by atoms with Gasteiger partial charge in [0.2, 0.25) is 5.28 Å². The lowest BCUT2D eigenvalue weighted by atomic mass is 9.68. The van der Waals surface area contributed by atoms with Crippen LogP contribution in [0.3, 0.4) is 0 Å². The second kappa shape index (κ2) is 9.07. The quantitative estimate of drug-likeness (QED) is 0.269. The zero-order valence-corrected chi connectivity index (χ0v) is 22.0. The Morgan fingerprint density at radius 2 is 1.86 bits per heavy atom. The van der Waals surface area contributed by atoms with E-state index >= 15 is 0 Å². The summed E-state index contributed by atoms with van der Waals surface area (Å²) in [6.45, 7) is 0. The van der Waals surface area contributed by atoms with Crippen molar-refractivity contribution >= 4 is 40.3 Å². The van der Waals surface area contributed by atoms with Gasteiger partial charge < -0.3 is 20.1 Å². The van der Waals surface area contributed by atoms with E-state index in [4.69, 9.17) is 11.6 Å². The van der Waals surface area contributed by atoms with E-state index in [1.54, 1.807) is 18.5 Å². The molecule has 0 aliphatic heterocycles. The number of aliphatic hydroxyl groups is 2. The molecule has 7 nitrogen and oxygen atoms in total. The average molecular weight is 544 g/mol. The van der Waals surface area contributed by atoms with Crippen molar-refractivity contribution in [1.29, 1.82) is 0 Å². The van der Waals surface area contributed by atoms with Crippen molar-refractivity contribution in [2.75, 3.05) is 11.1 Å². The van der Waals surface area contributed by atoms with Crippen molar-refractivity contribution in [2.45, 2.75) is 74.1 Å². The van der Waals surface area contributed by atoms with Crippen LogP contribution in [0, 0.1) is 29.0 Å². The SMILES string of the molecule is O[C@H]1[C@H](n2cnc3c(NC(C4CCC4)C4CCC4)nc(Cl)nc32)[C@H]2C[C@@]2(CSc2ccccc2F)[C@H]1O. The van der Waals surface area contributed by atoms with E-state index in [2.05, 4.69) is 20.3 Å². The van der Waals surface area contributed by atoms with Crippen molar-refractivity contribution in [3.63, 3.8) is 0 Å². The number of imidazole rings is 1. The van der Waals surface area contributed by atoms with Gasteiger partial charge in [0.1, 0.15) is 11.9 Å². The van der Waals surface area contributed by atoms with E-state index in [9.17, 15) is 14.6 Å². The smallest absolute Gasteiger partial charge is 0.226 e. The molecule has 7 rings (SSSR count). The van der Waals surface area contributed by atoms with Crippen molar-refractivity contribution in [3.05, 3.63) is 41.7 Å². The largest absolute Gasteiger partial charge is 0.390 e. The highest BCUT2D eigenvalue weighted by atomic mass is 35.5. The predicted molar refractivity (Wildman–Crippen MR) is 141 cm³/mol. The number of fused-ring (bicyclic) bond motifs is 2. The second-order valence-electron chi connectivity index (χ2n) is 11.4. The molecule has 37 heavy (non-hydrogen) atoms. The maximum absolute atomic E-state index is 14.2. The normalized spacial score (nSPS) is 31.4. The van der Waals surface area contributed by atoms with Crippen molar-refractivity contribution < 1.29 is 14.6 Å². The van der Waals surface area contributed by atoms with Crippen molar-refractivity contribution in [3.8, 4) is 0 Å². The van der Waals surface area contributed by atoms with E-state index < -0.39 is 17.6 Å². The summed E-state index contributed by atoms with van der Waals surface area (Å²) < 4.78 is 16.1. The Hall–Kier alpha value is -1.94. The Balaban J connectivity index is 1.17. The first-order valence-electron chi connectivity index (χ1n) is 13.4. The average Bonchev–Trinajstić information content (AvgIpc) is 3.31. The molecule has 4 saturated carbocycles. The molecule has 3 aromatic rings. The first-order valence-corrected chi connectivity index (χ1v) is 14.7. The number of aliphatic hydroxyl groups excluding tert-OH is 2. The number of halogens is 2. The molecule has 2 aromatic heterocycles. The first kappa shape index (κ1) is 24.1. The maximum Gasteiger partial charge on any atom is 0.226 e. The van der Waals surface area contributed by atoms with E-state index in [1.165, 1.54) is 56.4 Å². The standard InChI is InChI=1S/C27H31ClFN5O2S/c28-26-32-24(31-19(14-5-3-6-14)15-7-4-8-15)20-25(33-26)34(13-30-20)21-16-11-27(16,23(36)22(21)35)12-37-18-10-2-1-9-17(18)29/h1-2,9-10,13-16,19,21-23,35-36H,3-8,11-12H2,(H,31,32,33)/t16-,21-,22+,23+,27+/m1/s1. The fraction of sp³-hybridized carbons (Fsp3) is 0.593. The Bertz CT molecular complexity index is 1320. The lowest BCUT2D eigenvalue weighted by Crippen LogP contribution is -2.42. The van der Waals surface area contributed by atoms with E-state index in [0.717, 1.165) is 6.42 Å². The number of anilines is 1. The van der Waals surface area contributed by atoms with Crippen LogP contribution in [0.1, 0.15) is 51.0 Å². The number of rotatable bonds is 8. The molecule has 5 atom stereocenters. The van der Waals surface area contributed by atoms with Gasteiger partial charge >= 0.3 is 0 Å². The third-order valence-corrected chi connectivity index (χ3v) is 11.0. The summed E-state index contributed by atoms with van der Waals surface area (Å²) in [6.07, 6.45) is 8.10. The predicted octanol–water partition coefficient (Wildman–Crippen LogP) is 5.07. The molecule has 4 aliphatic carbocycles. The van der Waals surface area contributed by atoms with Crippen LogP contribution in [0.4, 0.5) is 10.2 Å². The van der Waals surface area contributed by atoms with Crippen LogP contribution >= 0.6 is 23.4 Å². The number of benzene rings is 1. The number of hydrogen-bond acceptors (Lipinski definition) is 7. The zero-order valence-electron chi connectivity index (χ0n) is 20.4. The summed E-state index contributed by atoms with van der Waals surface area (Å²) in [5.41, 5.74) is 0.753. The molecule has 4 aliphatic rings. The highest BCUT2D eigenvalue weighted by molar-refractivity contribution is 7.99. The lowest BCUT2D eigenvalue weighted by molar-refractivity contribution is -0.0126. The second-order valence-corrected chi connectivity index (χ2v) is 12.8. The zero-order chi connectivity index (χ0) is 25.3. The molecule has 196 valence electrons. The van der Waals surface area contributed by atoms with Crippen LogP contribution in [0.2, 0.25) is 5.28 Å². The fourth-order valence-electron chi connectivity index (χ4n) is 6.89. The molecule has 10 heteroatoms. The van der Waals surface area contributed by atoms with Gasteiger partial charge in [-0.15, -0.1) is 11.8 Å². The summed E-state index contributed by atoms with van der Waals surface area (Å²) in [4.78, 5) is 14.3. The Morgan fingerprint density at radius 1 is 1.14 bits per heavy atom. The van der Waals surface area contributed by atoms with E-state index in [-0.39, 0.29) is 23.1 Å². The molecule has 0 radical (unpaired) electrons. The van der Waals surface area contributed by atoms with Crippen LogP contribution in [0.5, 0.6) is 0 Å². The molecule has 0 spiro atoms. The number of thioether (sulfide) groups is 1. The summed E-state index contributed by atoms with van der Waals surface area (Å²) >= 11 is 7.81.